The molecule has 1 aromatic heterocycles. The Hall–Kier alpha value is 0.170. The highest BCUT2D eigenvalue weighted by molar-refractivity contribution is 9.10. The molecule has 1 aromatic carbocycles. The van der Waals surface area contributed by atoms with Crippen molar-refractivity contribution < 1.29 is 0 Å². The van der Waals surface area contributed by atoms with Crippen molar-refractivity contribution in [3.63, 3.8) is 0 Å². The minimum Gasteiger partial charge on any atom is -0.143 e. The number of hydrogen-bond acceptors (Lipinski definition) is 1. The first-order valence-electron chi connectivity index (χ1n) is 5.98. The lowest BCUT2D eigenvalue weighted by Crippen LogP contribution is -2.07. The van der Waals surface area contributed by atoms with Gasteiger partial charge in [-0.2, -0.15) is 0 Å². The van der Waals surface area contributed by atoms with Gasteiger partial charge in [0, 0.05) is 14.2 Å². The smallest absolute Gasteiger partial charge is 0.0738 e. The summed E-state index contributed by atoms with van der Waals surface area (Å²) in [6.07, 6.45) is 0. The van der Waals surface area contributed by atoms with Gasteiger partial charge in [0.05, 0.1) is 9.85 Å². The van der Waals surface area contributed by atoms with E-state index in [0.717, 1.165) is 9.50 Å². The summed E-state index contributed by atoms with van der Waals surface area (Å²) >= 11 is 15.2. The van der Waals surface area contributed by atoms with Gasteiger partial charge in [0.2, 0.25) is 0 Å². The van der Waals surface area contributed by atoms with Crippen LogP contribution in [-0.4, -0.2) is 0 Å². The van der Waals surface area contributed by atoms with Gasteiger partial charge in [-0.05, 0) is 51.2 Å². The summed E-state index contributed by atoms with van der Waals surface area (Å²) in [7, 11) is 0. The van der Waals surface area contributed by atoms with Crippen molar-refractivity contribution in [3.05, 3.63) is 55.1 Å². The van der Waals surface area contributed by atoms with Gasteiger partial charge < -0.3 is 0 Å². The molecule has 0 bridgehead atoms. The Labute approximate surface area is 140 Å². The van der Waals surface area contributed by atoms with E-state index in [9.17, 15) is 0 Å². The molecule has 0 aliphatic heterocycles. The number of hydrogen-bond donors (Lipinski definition) is 0. The lowest BCUT2D eigenvalue weighted by Gasteiger charge is -2.15. The van der Waals surface area contributed by atoms with Crippen LogP contribution >= 0.6 is 54.8 Å². The van der Waals surface area contributed by atoms with E-state index in [4.69, 9.17) is 11.6 Å². The maximum atomic E-state index is 6.16. The summed E-state index contributed by atoms with van der Waals surface area (Å²) in [5.74, 6) is 0. The molecule has 0 nitrogen and oxygen atoms in total. The third-order valence-corrected chi connectivity index (χ3v) is 6.99. The molecule has 2 aromatic rings. The molecule has 1 atom stereocenters. The molecule has 0 aliphatic carbocycles. The second-order valence-electron chi connectivity index (χ2n) is 5.49. The normalized spacial score (nSPS) is 13.6. The number of benzene rings is 1. The van der Waals surface area contributed by atoms with Crippen molar-refractivity contribution in [1.29, 1.82) is 0 Å². The molecule has 1 heterocycles. The molecular weight excluding hydrogens is 407 g/mol. The van der Waals surface area contributed by atoms with Crippen LogP contribution in [0.4, 0.5) is 0 Å². The van der Waals surface area contributed by atoms with E-state index in [2.05, 4.69) is 70.8 Å². The van der Waals surface area contributed by atoms with Crippen LogP contribution < -0.4 is 0 Å². The predicted octanol–water partition coefficient (Wildman–Crippen LogP) is 6.95. The second-order valence-corrected chi connectivity index (χ2v) is 8.78. The van der Waals surface area contributed by atoms with Gasteiger partial charge in [-0.1, -0.05) is 54.4 Å². The summed E-state index contributed by atoms with van der Waals surface area (Å²) in [6.45, 7) is 6.72. The quantitative estimate of drug-likeness (QED) is 0.460. The summed E-state index contributed by atoms with van der Waals surface area (Å²) in [4.78, 5) is 2.90. The molecular formula is C15H15Br2ClS. The molecule has 0 radical (unpaired) electrons. The molecule has 0 fully saturated rings. The molecule has 1 unspecified atom stereocenters. The van der Waals surface area contributed by atoms with Gasteiger partial charge in [-0.3, -0.25) is 0 Å². The van der Waals surface area contributed by atoms with Crippen molar-refractivity contribution in [2.75, 3.05) is 0 Å². The summed E-state index contributed by atoms with van der Waals surface area (Å²) in [5.41, 5.74) is 1.38. The van der Waals surface area contributed by atoms with Gasteiger partial charge >= 0.3 is 0 Å². The monoisotopic (exact) mass is 420 g/mol. The van der Waals surface area contributed by atoms with Gasteiger partial charge in [-0.15, -0.1) is 11.3 Å². The number of rotatable bonds is 2. The zero-order valence-electron chi connectivity index (χ0n) is 11.0. The molecule has 102 valence electrons. The Balaban J connectivity index is 2.31. The number of halogens is 3. The van der Waals surface area contributed by atoms with Crippen molar-refractivity contribution in [3.8, 4) is 0 Å². The van der Waals surface area contributed by atoms with E-state index in [1.807, 2.05) is 23.5 Å². The zero-order chi connectivity index (χ0) is 14.2. The molecule has 19 heavy (non-hydrogen) atoms. The Bertz CT molecular complexity index is 584. The molecule has 2 rings (SSSR count). The second kappa shape index (κ2) is 5.88. The SMILES string of the molecule is CC(C)(C)c1ccc(C(Br)c2ccc(Br)c(Cl)c2)s1. The van der Waals surface area contributed by atoms with Gasteiger partial charge in [0.15, 0.2) is 0 Å². The van der Waals surface area contributed by atoms with E-state index < -0.39 is 0 Å². The van der Waals surface area contributed by atoms with Crippen molar-refractivity contribution in [2.24, 2.45) is 0 Å². The number of thiophene rings is 1. The van der Waals surface area contributed by atoms with Crippen LogP contribution in [0.15, 0.2) is 34.8 Å². The van der Waals surface area contributed by atoms with E-state index in [-0.39, 0.29) is 10.2 Å². The standard InChI is InChI=1S/C15H15Br2ClS/c1-15(2,3)13-7-6-12(19-13)14(17)9-4-5-10(16)11(18)8-9/h4-8,14H,1-3H3. The van der Waals surface area contributed by atoms with Crippen LogP contribution in [0.3, 0.4) is 0 Å². The minimum absolute atomic E-state index is 0.194. The van der Waals surface area contributed by atoms with Crippen LogP contribution in [0.1, 0.15) is 40.9 Å². The fraction of sp³-hybridized carbons (Fsp3) is 0.333. The fourth-order valence-corrected chi connectivity index (χ4v) is 3.95. The predicted molar refractivity (Wildman–Crippen MR) is 92.9 cm³/mol. The van der Waals surface area contributed by atoms with E-state index in [1.165, 1.54) is 15.3 Å². The maximum Gasteiger partial charge on any atom is 0.0738 e. The topological polar surface area (TPSA) is 0 Å². The third kappa shape index (κ3) is 3.63. The molecule has 4 heteroatoms. The molecule has 0 aliphatic rings. The van der Waals surface area contributed by atoms with E-state index in [1.54, 1.807) is 0 Å². The fourth-order valence-electron chi connectivity index (χ4n) is 1.73. The van der Waals surface area contributed by atoms with Gasteiger partial charge in [-0.25, -0.2) is 0 Å². The third-order valence-electron chi connectivity index (χ3n) is 2.85. The first kappa shape index (κ1) is 15.6. The summed E-state index contributed by atoms with van der Waals surface area (Å²) in [6, 6.07) is 10.5. The van der Waals surface area contributed by atoms with E-state index >= 15 is 0 Å². The van der Waals surface area contributed by atoms with Crippen LogP contribution in [0.2, 0.25) is 5.02 Å². The Kier molecular flexibility index (Phi) is 4.82. The Morgan fingerprint density at radius 3 is 2.37 bits per heavy atom. The van der Waals surface area contributed by atoms with Crippen LogP contribution in [0, 0.1) is 0 Å². The molecule has 0 N–H and O–H groups in total. The highest BCUT2D eigenvalue weighted by atomic mass is 79.9. The minimum atomic E-state index is 0.194. The van der Waals surface area contributed by atoms with Gasteiger partial charge in [0.25, 0.3) is 0 Å². The first-order chi connectivity index (χ1) is 8.79. The Morgan fingerprint density at radius 2 is 1.84 bits per heavy atom. The lowest BCUT2D eigenvalue weighted by atomic mass is 9.95. The first-order valence-corrected chi connectivity index (χ1v) is 8.88. The highest BCUT2D eigenvalue weighted by Crippen LogP contribution is 2.40. The molecule has 0 amide bonds. The molecule has 0 spiro atoms. The number of alkyl halides is 1. The Morgan fingerprint density at radius 1 is 1.16 bits per heavy atom. The lowest BCUT2D eigenvalue weighted by molar-refractivity contribution is 0.604. The van der Waals surface area contributed by atoms with Crippen molar-refractivity contribution in [2.45, 2.75) is 31.0 Å². The van der Waals surface area contributed by atoms with Crippen molar-refractivity contribution in [1.82, 2.24) is 0 Å². The average Bonchev–Trinajstić information content (AvgIpc) is 2.81. The zero-order valence-corrected chi connectivity index (χ0v) is 15.8. The largest absolute Gasteiger partial charge is 0.143 e. The highest BCUT2D eigenvalue weighted by Gasteiger charge is 2.19. The van der Waals surface area contributed by atoms with Crippen molar-refractivity contribution >= 4 is 54.8 Å². The van der Waals surface area contributed by atoms with Crippen LogP contribution in [-0.2, 0) is 5.41 Å². The summed E-state index contributed by atoms with van der Waals surface area (Å²) < 4.78 is 0.930. The summed E-state index contributed by atoms with van der Waals surface area (Å²) in [5, 5.41) is 0.745. The molecule has 0 saturated carbocycles. The van der Waals surface area contributed by atoms with E-state index in [0.29, 0.717) is 0 Å². The molecule has 0 saturated heterocycles. The average molecular weight is 423 g/mol. The maximum absolute atomic E-state index is 6.16. The van der Waals surface area contributed by atoms with Crippen LogP contribution in [0.5, 0.6) is 0 Å². The van der Waals surface area contributed by atoms with Crippen LogP contribution in [0.25, 0.3) is 0 Å². The van der Waals surface area contributed by atoms with Gasteiger partial charge in [0.1, 0.15) is 0 Å².